The van der Waals surface area contributed by atoms with E-state index in [-0.39, 0.29) is 17.1 Å². The van der Waals surface area contributed by atoms with Crippen LogP contribution in [0.1, 0.15) is 56.0 Å². The molecule has 1 unspecified atom stereocenters. The number of ether oxygens (including phenoxy) is 3. The van der Waals surface area contributed by atoms with E-state index in [2.05, 4.69) is 12.2 Å². The smallest absolute Gasteiger partial charge is 0.337 e. The van der Waals surface area contributed by atoms with Gasteiger partial charge in [-0.3, -0.25) is 4.79 Å². The summed E-state index contributed by atoms with van der Waals surface area (Å²) in [6.07, 6.45) is 2.15. The van der Waals surface area contributed by atoms with Gasteiger partial charge in [-0.2, -0.15) is 0 Å². The molecule has 8 heteroatoms. The van der Waals surface area contributed by atoms with Crippen LogP contribution in [0.3, 0.4) is 0 Å². The first-order valence-corrected chi connectivity index (χ1v) is 14.2. The SMILES string of the molecule is CCOc1cc(CNCCC2(CC)CC(=O)N(c3cccc(C(=O)OC)c3)C2)cc(OCC)c1-c1ccc(F)cc1. The summed E-state index contributed by atoms with van der Waals surface area (Å²) in [6, 6.07) is 17.4. The third kappa shape index (κ3) is 7.06. The number of halogens is 1. The lowest BCUT2D eigenvalue weighted by Crippen LogP contribution is -2.31. The molecule has 0 spiro atoms. The Hall–Kier alpha value is -3.91. The number of amides is 1. The Morgan fingerprint density at radius 1 is 1.00 bits per heavy atom. The molecular formula is C33H39FN2O5. The second-order valence-electron chi connectivity index (χ2n) is 10.3. The van der Waals surface area contributed by atoms with Gasteiger partial charge in [0.1, 0.15) is 17.3 Å². The number of benzene rings is 3. The molecule has 1 saturated heterocycles. The fourth-order valence-corrected chi connectivity index (χ4v) is 5.40. The Morgan fingerprint density at radius 2 is 1.68 bits per heavy atom. The number of methoxy groups -OCH3 is 1. The second-order valence-corrected chi connectivity index (χ2v) is 10.3. The number of nitrogens with zero attached hydrogens (tertiary/aromatic N) is 1. The summed E-state index contributed by atoms with van der Waals surface area (Å²) in [5, 5.41) is 3.54. The molecule has 1 heterocycles. The molecule has 1 fully saturated rings. The van der Waals surface area contributed by atoms with Crippen LogP contribution in [0.25, 0.3) is 11.1 Å². The zero-order valence-corrected chi connectivity index (χ0v) is 24.3. The number of hydrogen-bond donors (Lipinski definition) is 1. The van der Waals surface area contributed by atoms with Crippen LogP contribution < -0.4 is 19.7 Å². The molecular weight excluding hydrogens is 523 g/mol. The summed E-state index contributed by atoms with van der Waals surface area (Å²) in [7, 11) is 1.35. The number of esters is 1. The molecule has 1 amide bonds. The monoisotopic (exact) mass is 562 g/mol. The normalized spacial score (nSPS) is 16.6. The van der Waals surface area contributed by atoms with Gasteiger partial charge in [0.05, 0.1) is 31.5 Å². The van der Waals surface area contributed by atoms with E-state index in [9.17, 15) is 14.0 Å². The predicted octanol–water partition coefficient (Wildman–Crippen LogP) is 6.39. The van der Waals surface area contributed by atoms with E-state index in [4.69, 9.17) is 14.2 Å². The lowest BCUT2D eigenvalue weighted by atomic mass is 9.81. The van der Waals surface area contributed by atoms with Gasteiger partial charge in [0, 0.05) is 25.2 Å². The molecule has 3 aromatic rings. The molecule has 1 aliphatic rings. The van der Waals surface area contributed by atoms with Gasteiger partial charge in [0.2, 0.25) is 5.91 Å². The lowest BCUT2D eigenvalue weighted by Gasteiger charge is -2.28. The molecule has 7 nitrogen and oxygen atoms in total. The molecule has 218 valence electrons. The van der Waals surface area contributed by atoms with Crippen LogP contribution in [0.5, 0.6) is 11.5 Å². The minimum Gasteiger partial charge on any atom is -0.493 e. The molecule has 0 bridgehead atoms. The molecule has 0 aromatic heterocycles. The van der Waals surface area contributed by atoms with E-state index in [0.29, 0.717) is 55.5 Å². The highest BCUT2D eigenvalue weighted by atomic mass is 19.1. The summed E-state index contributed by atoms with van der Waals surface area (Å²) in [5.74, 6) is 0.733. The van der Waals surface area contributed by atoms with E-state index < -0.39 is 5.97 Å². The standard InChI is InChI=1S/C33H39FN2O5/c1-5-33(20-30(37)36(22-33)27-10-8-9-25(19-27)32(38)39-4)15-16-35-21-23-17-28(40-6-2)31(29(18-23)41-7-3)24-11-13-26(34)14-12-24/h8-14,17-19,35H,5-7,15-16,20-22H2,1-4H3. The van der Waals surface area contributed by atoms with E-state index in [1.54, 1.807) is 35.2 Å². The van der Waals surface area contributed by atoms with Crippen LogP contribution in [0.4, 0.5) is 10.1 Å². The second kappa shape index (κ2) is 13.6. The number of carbonyl (C=O) groups is 2. The van der Waals surface area contributed by atoms with Crippen molar-refractivity contribution >= 4 is 17.6 Å². The fourth-order valence-electron chi connectivity index (χ4n) is 5.40. The summed E-state index contributed by atoms with van der Waals surface area (Å²) >= 11 is 0. The quantitative estimate of drug-likeness (QED) is 0.192. The molecule has 1 N–H and O–H groups in total. The highest BCUT2D eigenvalue weighted by molar-refractivity contribution is 5.98. The van der Waals surface area contributed by atoms with Crippen molar-refractivity contribution in [3.05, 3.63) is 77.6 Å². The number of hydrogen-bond acceptors (Lipinski definition) is 6. The van der Waals surface area contributed by atoms with Crippen LogP contribution in [0.15, 0.2) is 60.7 Å². The van der Waals surface area contributed by atoms with Crippen molar-refractivity contribution in [3.8, 4) is 22.6 Å². The van der Waals surface area contributed by atoms with E-state index >= 15 is 0 Å². The maximum absolute atomic E-state index is 13.6. The molecule has 1 atom stereocenters. The molecule has 3 aromatic carbocycles. The third-order valence-electron chi connectivity index (χ3n) is 7.67. The van der Waals surface area contributed by atoms with Gasteiger partial charge in [0.15, 0.2) is 0 Å². The predicted molar refractivity (Wildman–Crippen MR) is 158 cm³/mol. The van der Waals surface area contributed by atoms with Crippen molar-refractivity contribution in [2.24, 2.45) is 5.41 Å². The first-order valence-electron chi connectivity index (χ1n) is 14.2. The van der Waals surface area contributed by atoms with Gasteiger partial charge in [-0.1, -0.05) is 25.1 Å². The van der Waals surface area contributed by atoms with Gasteiger partial charge in [-0.05, 0) is 92.2 Å². The number of rotatable bonds is 13. The van der Waals surface area contributed by atoms with Crippen molar-refractivity contribution in [2.75, 3.05) is 38.3 Å². The molecule has 0 saturated carbocycles. The molecule has 0 aliphatic carbocycles. The number of nitrogens with one attached hydrogen (secondary N) is 1. The van der Waals surface area contributed by atoms with E-state index in [1.165, 1.54) is 19.2 Å². The maximum Gasteiger partial charge on any atom is 0.337 e. The van der Waals surface area contributed by atoms with Gasteiger partial charge in [0.25, 0.3) is 0 Å². The highest BCUT2D eigenvalue weighted by Crippen LogP contribution is 2.41. The number of anilines is 1. The van der Waals surface area contributed by atoms with E-state index in [0.717, 1.165) is 36.1 Å². The minimum absolute atomic E-state index is 0.0629. The first-order chi connectivity index (χ1) is 19.8. The van der Waals surface area contributed by atoms with Gasteiger partial charge in [-0.25, -0.2) is 9.18 Å². The molecule has 41 heavy (non-hydrogen) atoms. The highest BCUT2D eigenvalue weighted by Gasteiger charge is 2.42. The molecule has 0 radical (unpaired) electrons. The van der Waals surface area contributed by atoms with Crippen molar-refractivity contribution < 1.29 is 28.2 Å². The summed E-state index contributed by atoms with van der Waals surface area (Å²) in [6.45, 7) is 8.89. The van der Waals surface area contributed by atoms with Gasteiger partial charge >= 0.3 is 5.97 Å². The zero-order chi connectivity index (χ0) is 29.4. The van der Waals surface area contributed by atoms with Crippen LogP contribution in [0, 0.1) is 11.2 Å². The Labute approximate surface area is 241 Å². The summed E-state index contributed by atoms with van der Waals surface area (Å²) < 4.78 is 30.4. The Kier molecular flexibility index (Phi) is 10.00. The Bertz CT molecular complexity index is 1330. The van der Waals surface area contributed by atoms with Crippen molar-refractivity contribution in [1.29, 1.82) is 0 Å². The number of carbonyl (C=O) groups excluding carboxylic acids is 2. The molecule has 4 rings (SSSR count). The van der Waals surface area contributed by atoms with Crippen molar-refractivity contribution in [2.45, 2.75) is 46.6 Å². The molecule has 1 aliphatic heterocycles. The zero-order valence-electron chi connectivity index (χ0n) is 24.3. The van der Waals surface area contributed by atoms with Crippen LogP contribution in [0.2, 0.25) is 0 Å². The van der Waals surface area contributed by atoms with E-state index in [1.807, 2.05) is 32.0 Å². The Morgan fingerprint density at radius 3 is 2.29 bits per heavy atom. The topological polar surface area (TPSA) is 77.1 Å². The Balaban J connectivity index is 1.45. The first kappa shape index (κ1) is 30.1. The van der Waals surface area contributed by atoms with Crippen LogP contribution in [-0.4, -0.2) is 45.3 Å². The van der Waals surface area contributed by atoms with Crippen LogP contribution in [-0.2, 0) is 16.1 Å². The summed E-state index contributed by atoms with van der Waals surface area (Å²) in [4.78, 5) is 26.8. The van der Waals surface area contributed by atoms with Crippen LogP contribution >= 0.6 is 0 Å². The maximum atomic E-state index is 13.6. The average Bonchev–Trinajstić information content (AvgIpc) is 3.32. The van der Waals surface area contributed by atoms with Crippen molar-refractivity contribution in [3.63, 3.8) is 0 Å². The lowest BCUT2D eigenvalue weighted by molar-refractivity contribution is -0.117. The van der Waals surface area contributed by atoms with Crippen molar-refractivity contribution in [1.82, 2.24) is 5.32 Å². The van der Waals surface area contributed by atoms with Gasteiger partial charge in [-0.15, -0.1) is 0 Å². The minimum atomic E-state index is -0.421. The fraction of sp³-hybridized carbons (Fsp3) is 0.394. The average molecular weight is 563 g/mol. The third-order valence-corrected chi connectivity index (χ3v) is 7.67. The largest absolute Gasteiger partial charge is 0.493 e. The summed E-state index contributed by atoms with van der Waals surface area (Å²) in [5.41, 5.74) is 3.63. The van der Waals surface area contributed by atoms with Gasteiger partial charge < -0.3 is 24.4 Å².